The number of thiazole rings is 1. The lowest BCUT2D eigenvalue weighted by Crippen LogP contribution is -2.40. The molecule has 6 nitrogen and oxygen atoms in total. The number of methoxy groups -OCH3 is 1. The largest absolute Gasteiger partial charge is 0.487 e. The van der Waals surface area contributed by atoms with Gasteiger partial charge in [0, 0.05) is 10.0 Å². The van der Waals surface area contributed by atoms with E-state index < -0.39 is 12.0 Å². The number of hydrogen-bond donors (Lipinski definition) is 0. The van der Waals surface area contributed by atoms with Crippen molar-refractivity contribution in [2.45, 2.75) is 26.0 Å². The van der Waals surface area contributed by atoms with Crippen molar-refractivity contribution in [2.75, 3.05) is 7.11 Å². The monoisotopic (exact) mass is 684 g/mol. The fraction of sp³-hybridized carbons (Fsp3) is 0.167. The van der Waals surface area contributed by atoms with Gasteiger partial charge in [0.15, 0.2) is 4.80 Å². The molecular weight excluding hydrogens is 663 g/mol. The number of aromatic nitrogens is 1. The lowest BCUT2D eigenvalue weighted by molar-refractivity contribution is -0.136. The molecule has 1 aromatic heterocycles. The Kier molecular flexibility index (Phi) is 8.48. The molecule has 204 valence electrons. The van der Waals surface area contributed by atoms with E-state index in [1.165, 1.54) is 30.6 Å². The summed E-state index contributed by atoms with van der Waals surface area (Å²) in [5.74, 6) is -0.307. The Morgan fingerprint density at radius 1 is 1.12 bits per heavy atom. The number of allylic oxidation sites excluding steroid dienone is 1. The van der Waals surface area contributed by atoms with Crippen molar-refractivity contribution in [3.8, 4) is 5.75 Å². The van der Waals surface area contributed by atoms with E-state index in [9.17, 15) is 14.0 Å². The number of nitrogens with zero attached hydrogens (tertiary/aromatic N) is 2. The van der Waals surface area contributed by atoms with Crippen LogP contribution in [0.2, 0.25) is 0 Å². The molecule has 0 saturated carbocycles. The molecule has 0 bridgehead atoms. The Morgan fingerprint density at radius 3 is 2.52 bits per heavy atom. The molecule has 40 heavy (non-hydrogen) atoms. The van der Waals surface area contributed by atoms with Crippen LogP contribution in [0.15, 0.2) is 96.7 Å². The predicted molar refractivity (Wildman–Crippen MR) is 159 cm³/mol. The molecule has 5 rings (SSSR count). The van der Waals surface area contributed by atoms with Gasteiger partial charge in [-0.1, -0.05) is 76.7 Å². The first-order valence-corrected chi connectivity index (χ1v) is 14.7. The van der Waals surface area contributed by atoms with Crippen molar-refractivity contribution in [2.24, 2.45) is 4.99 Å². The molecule has 0 unspecified atom stereocenters. The predicted octanol–water partition coefficient (Wildman–Crippen LogP) is 6.04. The van der Waals surface area contributed by atoms with Crippen LogP contribution >= 0.6 is 43.2 Å². The van der Waals surface area contributed by atoms with Crippen LogP contribution in [-0.2, 0) is 16.1 Å². The van der Waals surface area contributed by atoms with E-state index in [0.717, 1.165) is 15.6 Å². The van der Waals surface area contributed by atoms with Gasteiger partial charge in [-0.15, -0.1) is 0 Å². The Morgan fingerprint density at radius 2 is 1.85 bits per heavy atom. The van der Waals surface area contributed by atoms with Crippen LogP contribution in [-0.4, -0.2) is 17.6 Å². The molecule has 0 N–H and O–H groups in total. The summed E-state index contributed by atoms with van der Waals surface area (Å²) in [5, 5.41) is 0. The highest BCUT2D eigenvalue weighted by Gasteiger charge is 2.33. The van der Waals surface area contributed by atoms with E-state index in [2.05, 4.69) is 31.9 Å². The van der Waals surface area contributed by atoms with Gasteiger partial charge < -0.3 is 9.47 Å². The van der Waals surface area contributed by atoms with Crippen molar-refractivity contribution in [3.05, 3.63) is 129 Å². The summed E-state index contributed by atoms with van der Waals surface area (Å²) in [6.45, 7) is 2.13. The molecule has 1 aliphatic rings. The minimum Gasteiger partial charge on any atom is -0.487 e. The summed E-state index contributed by atoms with van der Waals surface area (Å²) < 4.78 is 28.1. The molecule has 4 aromatic rings. The molecule has 2 heterocycles. The molecule has 0 saturated heterocycles. The third kappa shape index (κ3) is 5.61. The number of carbonyl (C=O) groups is 1. The molecule has 3 aromatic carbocycles. The molecule has 0 radical (unpaired) electrons. The zero-order chi connectivity index (χ0) is 28.4. The van der Waals surface area contributed by atoms with Gasteiger partial charge in [0.1, 0.15) is 18.2 Å². The number of rotatable bonds is 7. The topological polar surface area (TPSA) is 69.9 Å². The van der Waals surface area contributed by atoms with E-state index in [0.29, 0.717) is 42.8 Å². The molecule has 10 heteroatoms. The number of fused-ring (bicyclic) bond motifs is 1. The minimum atomic E-state index is -0.676. The number of ether oxygens (including phenoxy) is 2. The van der Waals surface area contributed by atoms with Gasteiger partial charge in [-0.25, -0.2) is 14.2 Å². The second-order valence-electron chi connectivity index (χ2n) is 8.92. The zero-order valence-electron chi connectivity index (χ0n) is 21.5. The summed E-state index contributed by atoms with van der Waals surface area (Å²) in [6, 6.07) is 18.5. The fourth-order valence-electron chi connectivity index (χ4n) is 4.53. The number of benzene rings is 3. The number of hydrogen-bond acceptors (Lipinski definition) is 6. The molecular formula is C30H23Br2FN2O4S. The first-order chi connectivity index (χ1) is 19.3. The van der Waals surface area contributed by atoms with Crippen LogP contribution < -0.4 is 19.6 Å². The lowest BCUT2D eigenvalue weighted by atomic mass is 9.95. The van der Waals surface area contributed by atoms with E-state index >= 15 is 0 Å². The molecule has 1 aliphatic heterocycles. The van der Waals surface area contributed by atoms with Gasteiger partial charge >= 0.3 is 5.97 Å². The third-order valence-electron chi connectivity index (χ3n) is 6.39. The normalized spacial score (nSPS) is 15.0. The van der Waals surface area contributed by atoms with Crippen LogP contribution in [0.1, 0.15) is 36.1 Å². The van der Waals surface area contributed by atoms with E-state index in [4.69, 9.17) is 14.5 Å². The average Bonchev–Trinajstić information content (AvgIpc) is 3.26. The Bertz CT molecular complexity index is 1800. The summed E-state index contributed by atoms with van der Waals surface area (Å²) >= 11 is 8.34. The molecule has 0 fully saturated rings. The molecule has 0 aliphatic carbocycles. The van der Waals surface area contributed by atoms with Gasteiger partial charge in [-0.05, 0) is 63.8 Å². The van der Waals surface area contributed by atoms with Gasteiger partial charge in [-0.2, -0.15) is 0 Å². The second-order valence-corrected chi connectivity index (χ2v) is 11.7. The van der Waals surface area contributed by atoms with Crippen molar-refractivity contribution in [3.63, 3.8) is 0 Å². The highest BCUT2D eigenvalue weighted by atomic mass is 79.9. The van der Waals surface area contributed by atoms with Gasteiger partial charge in [0.2, 0.25) is 0 Å². The fourth-order valence-corrected chi connectivity index (χ4v) is 6.92. The van der Waals surface area contributed by atoms with Crippen LogP contribution in [0.4, 0.5) is 4.39 Å². The summed E-state index contributed by atoms with van der Waals surface area (Å²) in [5.41, 5.74) is 2.89. The first-order valence-electron chi connectivity index (χ1n) is 12.3. The van der Waals surface area contributed by atoms with E-state index in [1.54, 1.807) is 22.8 Å². The second kappa shape index (κ2) is 12.0. The quantitative estimate of drug-likeness (QED) is 0.223. The van der Waals surface area contributed by atoms with Crippen LogP contribution in [0, 0.1) is 5.82 Å². The van der Waals surface area contributed by atoms with E-state index in [-0.39, 0.29) is 18.0 Å². The lowest BCUT2D eigenvalue weighted by Gasteiger charge is -2.25. The smallest absolute Gasteiger partial charge is 0.338 e. The maximum Gasteiger partial charge on any atom is 0.338 e. The number of halogens is 3. The maximum atomic E-state index is 14.0. The molecule has 1 atom stereocenters. The zero-order valence-corrected chi connectivity index (χ0v) is 25.5. The number of carbonyl (C=O) groups excluding carboxylic acids is 1. The standard InChI is InChI=1S/C30H23Br2FN2O4S/c1-3-23-25(29(37)38-2)26(18-7-5-4-6-8-18)35-28(36)24(40-30(35)34-23)14-19-13-20(31)15-22(32)27(19)39-16-17-9-11-21(33)12-10-17/h4-15,26H,3,16H2,1-2H3/b24-14+/t26-/m0/s1. The first kappa shape index (κ1) is 28.2. The van der Waals surface area contributed by atoms with Crippen LogP contribution in [0.5, 0.6) is 5.75 Å². The van der Waals surface area contributed by atoms with Crippen molar-refractivity contribution in [1.29, 1.82) is 0 Å². The van der Waals surface area contributed by atoms with Crippen LogP contribution in [0.25, 0.3) is 6.08 Å². The van der Waals surface area contributed by atoms with E-state index in [1.807, 2.05) is 49.4 Å². The van der Waals surface area contributed by atoms with Crippen molar-refractivity contribution >= 4 is 55.2 Å². The molecule has 0 spiro atoms. The average molecular weight is 686 g/mol. The van der Waals surface area contributed by atoms with Gasteiger partial charge in [-0.3, -0.25) is 9.36 Å². The highest BCUT2D eigenvalue weighted by molar-refractivity contribution is 9.11. The van der Waals surface area contributed by atoms with Gasteiger partial charge in [0.05, 0.1) is 33.4 Å². The third-order valence-corrected chi connectivity index (χ3v) is 8.42. The Hall–Kier alpha value is -3.34. The Labute approximate surface area is 250 Å². The maximum absolute atomic E-state index is 14.0. The summed E-state index contributed by atoms with van der Waals surface area (Å²) in [7, 11) is 1.33. The summed E-state index contributed by atoms with van der Waals surface area (Å²) in [6.07, 6.45) is 2.26. The van der Waals surface area contributed by atoms with Crippen molar-refractivity contribution in [1.82, 2.24) is 4.57 Å². The van der Waals surface area contributed by atoms with Gasteiger partial charge in [0.25, 0.3) is 5.56 Å². The Balaban J connectivity index is 1.66. The highest BCUT2D eigenvalue weighted by Crippen LogP contribution is 2.35. The summed E-state index contributed by atoms with van der Waals surface area (Å²) in [4.78, 5) is 32.1. The number of esters is 1. The van der Waals surface area contributed by atoms with Crippen molar-refractivity contribution < 1.29 is 18.7 Å². The van der Waals surface area contributed by atoms with Crippen LogP contribution in [0.3, 0.4) is 0 Å². The minimum absolute atomic E-state index is 0.207. The SMILES string of the molecule is CCC1=C(C(=O)OC)[C@H](c2ccccc2)n2c(s/c(=C/c3cc(Br)cc(Br)c3OCc3ccc(F)cc3)c2=O)=N1. The molecule has 0 amide bonds.